The van der Waals surface area contributed by atoms with E-state index < -0.39 is 17.0 Å². The number of rotatable bonds is 4. The first-order chi connectivity index (χ1) is 12.9. The molecule has 0 saturated heterocycles. The average molecular weight is 471 g/mol. The zero-order chi connectivity index (χ0) is 19.0. The van der Waals surface area contributed by atoms with Crippen LogP contribution in [0.15, 0.2) is 48.8 Å². The van der Waals surface area contributed by atoms with Crippen LogP contribution in [-0.4, -0.2) is 29.5 Å². The molecule has 0 aliphatic heterocycles. The van der Waals surface area contributed by atoms with Gasteiger partial charge in [0.1, 0.15) is 0 Å². The van der Waals surface area contributed by atoms with Gasteiger partial charge in [-0.2, -0.15) is 0 Å². The molecule has 28 heavy (non-hydrogen) atoms. The van der Waals surface area contributed by atoms with Crippen molar-refractivity contribution < 1.29 is 29.2 Å². The molecule has 4 heterocycles. The topological polar surface area (TPSA) is 61.4 Å². The molecule has 0 aliphatic rings. The Kier molecular flexibility index (Phi) is 5.50. The molecule has 4 rings (SSSR count). The Labute approximate surface area is 173 Å². The summed E-state index contributed by atoms with van der Waals surface area (Å²) in [5.74, 6) is -0.219. The normalized spacial score (nSPS) is 11.3. The van der Waals surface area contributed by atoms with E-state index in [0.717, 1.165) is 12.4 Å². The predicted molar refractivity (Wildman–Crippen MR) is 92.4 cm³/mol. The van der Waals surface area contributed by atoms with Gasteiger partial charge >= 0.3 is 20.4 Å². The minimum absolute atomic E-state index is 0. The van der Waals surface area contributed by atoms with Crippen molar-refractivity contribution in [1.29, 1.82) is 0 Å². The second-order valence-electron chi connectivity index (χ2n) is 6.42. The van der Waals surface area contributed by atoms with Gasteiger partial charge in [-0.1, -0.05) is 24.3 Å². The molecule has 0 spiro atoms. The molecule has 0 aromatic carbocycles. The van der Waals surface area contributed by atoms with E-state index in [1.807, 2.05) is 38.1 Å². The van der Waals surface area contributed by atoms with Gasteiger partial charge in [-0.05, 0) is 50.8 Å². The maximum Gasteiger partial charge on any atom is 2.00 e. The van der Waals surface area contributed by atoms with Crippen molar-refractivity contribution in [1.82, 2.24) is 29.5 Å². The first-order valence-electron chi connectivity index (χ1n) is 8.15. The van der Waals surface area contributed by atoms with Crippen molar-refractivity contribution >= 4 is 0 Å². The molecule has 0 radical (unpaired) electrons. The smallest absolute Gasteiger partial charge is 0.341 e. The summed E-state index contributed by atoms with van der Waals surface area (Å²) in [5, 5.41) is 7.79. The summed E-state index contributed by atoms with van der Waals surface area (Å²) in [6.45, 7) is 3.93. The minimum atomic E-state index is -0.580. The van der Waals surface area contributed by atoms with Gasteiger partial charge in [-0.25, -0.2) is 8.78 Å². The zero-order valence-corrected chi connectivity index (χ0v) is 16.4. The van der Waals surface area contributed by atoms with Gasteiger partial charge in [0.2, 0.25) is 0 Å². The third-order valence-corrected chi connectivity index (χ3v) is 4.18. The van der Waals surface area contributed by atoms with Crippen LogP contribution in [0.3, 0.4) is 0 Å². The van der Waals surface area contributed by atoms with Crippen LogP contribution in [0.2, 0.25) is 0 Å². The summed E-state index contributed by atoms with van der Waals surface area (Å²) in [5.41, 5.74) is 0.845. The summed E-state index contributed by atoms with van der Waals surface area (Å²) in [4.78, 5) is 9.17. The van der Waals surface area contributed by atoms with Crippen molar-refractivity contribution in [2.75, 3.05) is 0 Å². The molecule has 0 fully saturated rings. The Balaban J connectivity index is 0.00000225. The molecule has 144 valence electrons. The van der Waals surface area contributed by atoms with E-state index in [1.54, 1.807) is 12.1 Å². The van der Waals surface area contributed by atoms with Crippen LogP contribution in [0.5, 0.6) is 0 Å². The van der Waals surface area contributed by atoms with Crippen LogP contribution in [-0.2, 0) is 25.8 Å². The van der Waals surface area contributed by atoms with Gasteiger partial charge in [0.15, 0.2) is 0 Å². The number of hydrogen-bond acceptors (Lipinski definition) is 4. The fraction of sp³-hybridized carbons (Fsp3) is 0.158. The molecule has 0 N–H and O–H groups in total. The third kappa shape index (κ3) is 3.77. The molecular weight excluding hydrogens is 457 g/mol. The Morgan fingerprint density at radius 1 is 0.786 bits per heavy atom. The van der Waals surface area contributed by atoms with Crippen molar-refractivity contribution in [3.05, 3.63) is 84.2 Å². The van der Waals surface area contributed by atoms with Crippen molar-refractivity contribution in [3.8, 4) is 11.6 Å². The number of nitrogens with zero attached hydrogens (tertiary/aromatic N) is 6. The second-order valence-corrected chi connectivity index (χ2v) is 6.42. The Bertz CT molecular complexity index is 1020. The van der Waals surface area contributed by atoms with E-state index >= 15 is 0 Å². The minimum Gasteiger partial charge on any atom is -0.341 e. The molecule has 0 unspecified atom stereocenters. The van der Waals surface area contributed by atoms with Gasteiger partial charge in [0, 0.05) is 16.8 Å². The van der Waals surface area contributed by atoms with Gasteiger partial charge in [-0.3, -0.25) is 20.2 Å². The molecule has 0 amide bonds. The molecule has 9 heteroatoms. The van der Waals surface area contributed by atoms with Crippen molar-refractivity contribution in [2.24, 2.45) is 0 Å². The number of hydrogen-bond donors (Lipinski definition) is 0. The van der Waals surface area contributed by atoms with Crippen LogP contribution in [0.4, 0.5) is 8.78 Å². The van der Waals surface area contributed by atoms with E-state index in [0.29, 0.717) is 23.0 Å². The van der Waals surface area contributed by atoms with Crippen molar-refractivity contribution in [3.63, 3.8) is 0 Å². The van der Waals surface area contributed by atoms with E-state index in [-0.39, 0.29) is 20.4 Å². The van der Waals surface area contributed by atoms with E-state index in [4.69, 9.17) is 0 Å². The Morgan fingerprint density at radius 3 is 1.57 bits per heavy atom. The van der Waals surface area contributed by atoms with Gasteiger partial charge in [0.05, 0.1) is 23.3 Å². The summed E-state index contributed by atoms with van der Waals surface area (Å²) >= 11 is 0. The van der Waals surface area contributed by atoms with Gasteiger partial charge < -0.3 is 9.36 Å². The first kappa shape index (κ1) is 20.0. The number of halogens is 2. The quantitative estimate of drug-likeness (QED) is 0.340. The fourth-order valence-corrected chi connectivity index (χ4v) is 2.68. The molecule has 0 atom stereocenters. The van der Waals surface area contributed by atoms with Crippen LogP contribution in [0.1, 0.15) is 25.2 Å². The summed E-state index contributed by atoms with van der Waals surface area (Å²) < 4.78 is 28.9. The molecule has 4 aromatic heterocycles. The van der Waals surface area contributed by atoms with Gasteiger partial charge in [-0.15, -0.1) is 0 Å². The second kappa shape index (κ2) is 7.70. The monoisotopic (exact) mass is 470 g/mol. The van der Waals surface area contributed by atoms with Crippen LogP contribution >= 0.6 is 0 Å². The molecule has 0 saturated carbocycles. The number of aromatic nitrogens is 6. The van der Waals surface area contributed by atoms with Crippen LogP contribution < -0.4 is 0 Å². The summed E-state index contributed by atoms with van der Waals surface area (Å²) in [6, 6.07) is 10.8. The fourth-order valence-electron chi connectivity index (χ4n) is 2.68. The maximum atomic E-state index is 13.2. The molecular formula is C19H14F2N6Pd. The maximum absolute atomic E-state index is 13.2. The van der Waals surface area contributed by atoms with E-state index in [9.17, 15) is 8.78 Å². The van der Waals surface area contributed by atoms with E-state index in [1.165, 1.54) is 9.36 Å². The largest absolute Gasteiger partial charge is 2.00 e. The SMILES string of the molecule is CC(C)(c1cccc(-n2[c-]c(F)cn2)n1)c1cccc(-n2[c-]c(F)cn2)n1.[Pd+2]. The van der Waals surface area contributed by atoms with Crippen LogP contribution in [0, 0.1) is 24.0 Å². The molecule has 0 bridgehead atoms. The van der Waals surface area contributed by atoms with E-state index in [2.05, 4.69) is 32.6 Å². The third-order valence-electron chi connectivity index (χ3n) is 4.18. The van der Waals surface area contributed by atoms with Crippen LogP contribution in [0.25, 0.3) is 11.6 Å². The zero-order valence-electron chi connectivity index (χ0n) is 14.9. The molecule has 6 nitrogen and oxygen atoms in total. The number of pyridine rings is 2. The summed E-state index contributed by atoms with van der Waals surface area (Å²) in [7, 11) is 0. The standard InChI is InChI=1S/C19H14F2N6.Pd/c1-19(2,15-5-3-7-17(24-15)26-11-13(20)9-22-26)16-6-4-8-18(25-16)27-12-14(21)10-23-27;/h3-10H,1-2H3;/q-2;+2. The summed E-state index contributed by atoms with van der Waals surface area (Å²) in [6.07, 6.45) is 7.05. The predicted octanol–water partition coefficient (Wildman–Crippen LogP) is 3.05. The Morgan fingerprint density at radius 2 is 1.21 bits per heavy atom. The Hall–Kier alpha value is -2.76. The average Bonchev–Trinajstić information content (AvgIpc) is 3.30. The van der Waals surface area contributed by atoms with Crippen molar-refractivity contribution in [2.45, 2.75) is 19.3 Å². The molecule has 4 aromatic rings. The first-order valence-corrected chi connectivity index (χ1v) is 8.15. The van der Waals surface area contributed by atoms with Gasteiger partial charge in [0.25, 0.3) is 0 Å². The molecule has 0 aliphatic carbocycles.